The Labute approximate surface area is 143 Å². The van der Waals surface area contributed by atoms with Gasteiger partial charge in [0.15, 0.2) is 11.5 Å². The maximum Gasteiger partial charge on any atom is 0.224 e. The molecule has 0 spiro atoms. The molecule has 0 bridgehead atoms. The SMILES string of the molecule is Cc1nc(CNC(=O)Cc2cc(Cl)c3c(c2)OCCCO3)cs1. The molecule has 2 aromatic rings. The Morgan fingerprint density at radius 3 is 3.00 bits per heavy atom. The smallest absolute Gasteiger partial charge is 0.224 e. The fourth-order valence-corrected chi connectivity index (χ4v) is 3.21. The highest BCUT2D eigenvalue weighted by Gasteiger charge is 2.16. The van der Waals surface area contributed by atoms with Crippen molar-refractivity contribution in [1.29, 1.82) is 0 Å². The van der Waals surface area contributed by atoms with Gasteiger partial charge in [-0.2, -0.15) is 0 Å². The number of amides is 1. The van der Waals surface area contributed by atoms with Crippen LogP contribution in [0.25, 0.3) is 0 Å². The first-order chi connectivity index (χ1) is 11.1. The molecule has 0 aliphatic carbocycles. The number of carbonyl (C=O) groups excluding carboxylic acids is 1. The lowest BCUT2D eigenvalue weighted by Crippen LogP contribution is -2.24. The normalized spacial score (nSPS) is 13.5. The Hall–Kier alpha value is -1.79. The van der Waals surface area contributed by atoms with E-state index in [2.05, 4.69) is 10.3 Å². The van der Waals surface area contributed by atoms with Crippen molar-refractivity contribution in [2.24, 2.45) is 0 Å². The molecule has 1 aliphatic rings. The molecule has 0 saturated carbocycles. The van der Waals surface area contributed by atoms with Crippen molar-refractivity contribution in [1.82, 2.24) is 10.3 Å². The molecule has 0 fully saturated rings. The average molecular weight is 353 g/mol. The summed E-state index contributed by atoms with van der Waals surface area (Å²) in [5.41, 5.74) is 1.67. The van der Waals surface area contributed by atoms with Crippen molar-refractivity contribution < 1.29 is 14.3 Å². The summed E-state index contributed by atoms with van der Waals surface area (Å²) in [7, 11) is 0. The van der Waals surface area contributed by atoms with E-state index in [0.29, 0.717) is 36.3 Å². The molecule has 7 heteroatoms. The van der Waals surface area contributed by atoms with Gasteiger partial charge in [-0.3, -0.25) is 4.79 Å². The molecule has 1 aromatic carbocycles. The zero-order valence-electron chi connectivity index (χ0n) is 12.7. The van der Waals surface area contributed by atoms with Gasteiger partial charge < -0.3 is 14.8 Å². The van der Waals surface area contributed by atoms with Gasteiger partial charge in [0.2, 0.25) is 5.91 Å². The standard InChI is InChI=1S/C16H17ClN2O3S/c1-10-19-12(9-23-10)8-18-15(20)7-11-5-13(17)16-14(6-11)21-3-2-4-22-16/h5-6,9H,2-4,7-8H2,1H3,(H,18,20). The van der Waals surface area contributed by atoms with Gasteiger partial charge in [-0.25, -0.2) is 4.98 Å². The fourth-order valence-electron chi connectivity index (χ4n) is 2.31. The molecule has 0 saturated heterocycles. The van der Waals surface area contributed by atoms with Crippen molar-refractivity contribution in [3.05, 3.63) is 38.8 Å². The van der Waals surface area contributed by atoms with E-state index >= 15 is 0 Å². The van der Waals surface area contributed by atoms with Crippen LogP contribution in [0.1, 0.15) is 22.7 Å². The highest BCUT2D eigenvalue weighted by Crippen LogP contribution is 2.38. The van der Waals surface area contributed by atoms with E-state index in [0.717, 1.165) is 22.7 Å². The molecular weight excluding hydrogens is 336 g/mol. The molecule has 3 rings (SSSR count). The van der Waals surface area contributed by atoms with Crippen LogP contribution < -0.4 is 14.8 Å². The lowest BCUT2D eigenvalue weighted by atomic mass is 10.1. The van der Waals surface area contributed by atoms with E-state index in [1.807, 2.05) is 18.4 Å². The lowest BCUT2D eigenvalue weighted by Gasteiger charge is -2.11. The van der Waals surface area contributed by atoms with E-state index in [1.165, 1.54) is 0 Å². The number of rotatable bonds is 4. The maximum atomic E-state index is 12.1. The van der Waals surface area contributed by atoms with Crippen LogP contribution in [-0.4, -0.2) is 24.1 Å². The van der Waals surface area contributed by atoms with Gasteiger partial charge in [-0.05, 0) is 24.6 Å². The predicted octanol–water partition coefficient (Wildman–Crippen LogP) is 3.13. The van der Waals surface area contributed by atoms with Crippen molar-refractivity contribution in [2.45, 2.75) is 26.3 Å². The van der Waals surface area contributed by atoms with Crippen LogP contribution in [-0.2, 0) is 17.8 Å². The van der Waals surface area contributed by atoms with Crippen LogP contribution in [0.4, 0.5) is 0 Å². The molecule has 2 heterocycles. The van der Waals surface area contributed by atoms with Crippen molar-refractivity contribution in [3.63, 3.8) is 0 Å². The van der Waals surface area contributed by atoms with Crippen LogP contribution in [0.2, 0.25) is 5.02 Å². The van der Waals surface area contributed by atoms with Crippen LogP contribution in [0.5, 0.6) is 11.5 Å². The van der Waals surface area contributed by atoms with Gasteiger partial charge in [-0.1, -0.05) is 11.6 Å². The van der Waals surface area contributed by atoms with Crippen molar-refractivity contribution in [2.75, 3.05) is 13.2 Å². The molecule has 0 atom stereocenters. The van der Waals surface area contributed by atoms with Gasteiger partial charge >= 0.3 is 0 Å². The first-order valence-corrected chi connectivity index (χ1v) is 8.63. The molecule has 0 radical (unpaired) electrons. The number of fused-ring (bicyclic) bond motifs is 1. The third-order valence-corrected chi connectivity index (χ3v) is 4.46. The minimum Gasteiger partial charge on any atom is -0.489 e. The van der Waals surface area contributed by atoms with Crippen molar-refractivity contribution >= 4 is 28.8 Å². The second-order valence-electron chi connectivity index (χ2n) is 5.27. The van der Waals surface area contributed by atoms with E-state index in [-0.39, 0.29) is 12.3 Å². The zero-order valence-corrected chi connectivity index (χ0v) is 14.3. The number of aromatic nitrogens is 1. The number of halogens is 1. The van der Waals surface area contributed by atoms with E-state index in [1.54, 1.807) is 17.4 Å². The molecule has 1 amide bonds. The third kappa shape index (κ3) is 4.14. The maximum absolute atomic E-state index is 12.1. The molecule has 5 nitrogen and oxygen atoms in total. The third-order valence-electron chi connectivity index (χ3n) is 3.36. The Kier molecular flexibility index (Phi) is 5.03. The number of thiazole rings is 1. The summed E-state index contributed by atoms with van der Waals surface area (Å²) < 4.78 is 11.2. The predicted molar refractivity (Wildman–Crippen MR) is 89.5 cm³/mol. The average Bonchev–Trinajstić information content (AvgIpc) is 2.78. The Bertz CT molecular complexity index is 717. The molecule has 0 unspecified atom stereocenters. The zero-order chi connectivity index (χ0) is 16.2. The number of benzene rings is 1. The Morgan fingerprint density at radius 2 is 2.22 bits per heavy atom. The van der Waals surface area contributed by atoms with Crippen LogP contribution in [0, 0.1) is 6.92 Å². The highest BCUT2D eigenvalue weighted by molar-refractivity contribution is 7.09. The second-order valence-corrected chi connectivity index (χ2v) is 6.74. The first kappa shape index (κ1) is 16.1. The minimum absolute atomic E-state index is 0.0822. The summed E-state index contributed by atoms with van der Waals surface area (Å²) in [6, 6.07) is 3.57. The summed E-state index contributed by atoms with van der Waals surface area (Å²) in [6.07, 6.45) is 1.05. The summed E-state index contributed by atoms with van der Waals surface area (Å²) in [6.45, 7) is 3.54. The molecule has 122 valence electrons. The van der Waals surface area contributed by atoms with Gasteiger partial charge in [0.1, 0.15) is 0 Å². The number of nitrogens with zero attached hydrogens (tertiary/aromatic N) is 1. The largest absolute Gasteiger partial charge is 0.489 e. The summed E-state index contributed by atoms with van der Waals surface area (Å²) >= 11 is 7.80. The monoisotopic (exact) mass is 352 g/mol. The molecular formula is C16H17ClN2O3S. The minimum atomic E-state index is -0.0822. The van der Waals surface area contributed by atoms with Crippen LogP contribution >= 0.6 is 22.9 Å². The van der Waals surface area contributed by atoms with Gasteiger partial charge in [-0.15, -0.1) is 11.3 Å². The number of hydrogen-bond donors (Lipinski definition) is 1. The van der Waals surface area contributed by atoms with Gasteiger partial charge in [0.05, 0.1) is 41.9 Å². The molecule has 1 N–H and O–H groups in total. The Morgan fingerprint density at radius 1 is 1.39 bits per heavy atom. The number of aryl methyl sites for hydroxylation is 1. The topological polar surface area (TPSA) is 60.5 Å². The van der Waals surface area contributed by atoms with E-state index in [4.69, 9.17) is 21.1 Å². The quantitative estimate of drug-likeness (QED) is 0.918. The summed E-state index contributed by atoms with van der Waals surface area (Å²) in [4.78, 5) is 16.4. The van der Waals surface area contributed by atoms with Gasteiger partial charge in [0.25, 0.3) is 0 Å². The highest BCUT2D eigenvalue weighted by atomic mass is 35.5. The number of hydrogen-bond acceptors (Lipinski definition) is 5. The lowest BCUT2D eigenvalue weighted by molar-refractivity contribution is -0.120. The van der Waals surface area contributed by atoms with E-state index < -0.39 is 0 Å². The van der Waals surface area contributed by atoms with Gasteiger partial charge in [0, 0.05) is 11.8 Å². The molecule has 1 aromatic heterocycles. The fraction of sp³-hybridized carbons (Fsp3) is 0.375. The van der Waals surface area contributed by atoms with E-state index in [9.17, 15) is 4.79 Å². The van der Waals surface area contributed by atoms with Crippen molar-refractivity contribution in [3.8, 4) is 11.5 Å². The summed E-state index contributed by atoms with van der Waals surface area (Å²) in [5.74, 6) is 1.08. The number of carbonyl (C=O) groups is 1. The second kappa shape index (κ2) is 7.19. The van der Waals surface area contributed by atoms with Crippen LogP contribution in [0.15, 0.2) is 17.5 Å². The van der Waals surface area contributed by atoms with Crippen LogP contribution in [0.3, 0.4) is 0 Å². The first-order valence-electron chi connectivity index (χ1n) is 7.37. The Balaban J connectivity index is 1.64. The molecule has 23 heavy (non-hydrogen) atoms. The summed E-state index contributed by atoms with van der Waals surface area (Å²) in [5, 5.41) is 6.27. The molecule has 1 aliphatic heterocycles. The number of nitrogens with one attached hydrogen (secondary N) is 1. The number of ether oxygens (including phenoxy) is 2.